The van der Waals surface area contributed by atoms with Crippen LogP contribution in [-0.4, -0.2) is 60.0 Å². The van der Waals surface area contributed by atoms with E-state index in [1.54, 1.807) is 13.3 Å². The topological polar surface area (TPSA) is 77.8 Å². The molecule has 4 rings (SSSR count). The van der Waals surface area contributed by atoms with Crippen LogP contribution >= 0.6 is 0 Å². The number of piperidine rings is 1. The first-order valence-corrected chi connectivity index (χ1v) is 12.6. The monoisotopic (exact) mass is 517 g/mol. The number of halogens is 3. The first-order valence-electron chi connectivity index (χ1n) is 12.6. The largest absolute Gasteiger partial charge is 0.497 e. The fourth-order valence-electron chi connectivity index (χ4n) is 5.22. The van der Waals surface area contributed by atoms with E-state index in [4.69, 9.17) is 4.74 Å². The van der Waals surface area contributed by atoms with Gasteiger partial charge in [0, 0.05) is 43.4 Å². The fourth-order valence-corrected chi connectivity index (χ4v) is 5.22. The predicted molar refractivity (Wildman–Crippen MR) is 137 cm³/mol. The molecule has 1 atom stereocenters. The zero-order valence-corrected chi connectivity index (χ0v) is 21.2. The van der Waals surface area contributed by atoms with Crippen LogP contribution in [0.2, 0.25) is 0 Å². The maximum atomic E-state index is 13.8. The molecule has 1 aliphatic heterocycles. The zero-order valence-electron chi connectivity index (χ0n) is 21.2. The second-order valence-corrected chi connectivity index (χ2v) is 9.97. The Bertz CT molecular complexity index is 1230. The Balaban J connectivity index is 1.33. The van der Waals surface area contributed by atoms with Crippen LogP contribution in [0.5, 0.6) is 5.75 Å². The average Bonchev–Trinajstić information content (AvgIpc) is 2.90. The molecule has 0 saturated carbocycles. The van der Waals surface area contributed by atoms with Gasteiger partial charge in [0.15, 0.2) is 11.6 Å². The van der Waals surface area contributed by atoms with Crippen molar-refractivity contribution in [3.63, 3.8) is 0 Å². The molecular weight excluding hydrogens is 483 g/mol. The van der Waals surface area contributed by atoms with E-state index < -0.39 is 23.6 Å². The molecule has 0 radical (unpaired) electrons. The maximum Gasteiger partial charge on any atom is 0.182 e. The van der Waals surface area contributed by atoms with Gasteiger partial charge in [-0.05, 0) is 80.4 Å². The number of fused-ring (bicyclic) bond motifs is 1. The van der Waals surface area contributed by atoms with E-state index in [2.05, 4.69) is 15.2 Å². The van der Waals surface area contributed by atoms with Gasteiger partial charge < -0.3 is 25.2 Å². The number of aromatic nitrogens is 1. The molecular formula is C28H34F3N3O3. The van der Waals surface area contributed by atoms with E-state index >= 15 is 0 Å². The standard InChI is InChI=1S/C28H34F3N3O3/c1-18-16-33-23-4-3-20(37-2)15-21(23)26(18)25(36)5-6-28(17-35)7-10-34(11-8-28)12-9-32-24-14-19(29)13-22(30)27(24)31/h3-4,13-16,25,32,35-36H,5-12,17H2,1-2H3. The van der Waals surface area contributed by atoms with Gasteiger partial charge in [0.05, 0.1) is 24.4 Å². The van der Waals surface area contributed by atoms with E-state index in [1.165, 1.54) is 0 Å². The maximum absolute atomic E-state index is 13.8. The molecule has 6 nitrogen and oxygen atoms in total. The summed E-state index contributed by atoms with van der Waals surface area (Å²) in [5, 5.41) is 25.1. The van der Waals surface area contributed by atoms with E-state index in [1.807, 2.05) is 25.1 Å². The van der Waals surface area contributed by atoms with Crippen molar-refractivity contribution in [2.75, 3.05) is 45.2 Å². The lowest BCUT2D eigenvalue weighted by Crippen LogP contribution is -2.43. The minimum absolute atomic E-state index is 0.0312. The van der Waals surface area contributed by atoms with Crippen LogP contribution in [0.15, 0.2) is 36.5 Å². The summed E-state index contributed by atoms with van der Waals surface area (Å²) in [5.74, 6) is -2.44. The van der Waals surface area contributed by atoms with Crippen molar-refractivity contribution in [2.24, 2.45) is 5.41 Å². The molecule has 1 saturated heterocycles. The average molecular weight is 518 g/mol. The molecule has 3 aromatic rings. The second kappa shape index (κ2) is 11.7. The van der Waals surface area contributed by atoms with Crippen LogP contribution < -0.4 is 10.1 Å². The van der Waals surface area contributed by atoms with Gasteiger partial charge in [-0.25, -0.2) is 13.2 Å². The fraction of sp³-hybridized carbons (Fsp3) is 0.464. The zero-order chi connectivity index (χ0) is 26.6. The summed E-state index contributed by atoms with van der Waals surface area (Å²) < 4.78 is 46.0. The Morgan fingerprint density at radius 1 is 1.16 bits per heavy atom. The van der Waals surface area contributed by atoms with Crippen molar-refractivity contribution in [1.29, 1.82) is 0 Å². The summed E-state index contributed by atoms with van der Waals surface area (Å²) in [6.45, 7) is 4.33. The number of ether oxygens (including phenoxy) is 1. The lowest BCUT2D eigenvalue weighted by molar-refractivity contribution is 0.0247. The molecule has 0 amide bonds. The molecule has 37 heavy (non-hydrogen) atoms. The molecule has 2 heterocycles. The highest BCUT2D eigenvalue weighted by molar-refractivity contribution is 5.84. The quantitative estimate of drug-likeness (QED) is 0.330. The van der Waals surface area contributed by atoms with Gasteiger partial charge in [-0.2, -0.15) is 0 Å². The Morgan fingerprint density at radius 2 is 1.92 bits per heavy atom. The molecule has 9 heteroatoms. The van der Waals surface area contributed by atoms with Gasteiger partial charge in [0.1, 0.15) is 11.6 Å². The number of hydrogen-bond donors (Lipinski definition) is 3. The molecule has 0 aliphatic carbocycles. The van der Waals surface area contributed by atoms with Gasteiger partial charge >= 0.3 is 0 Å². The van der Waals surface area contributed by atoms with E-state index in [-0.39, 0.29) is 17.7 Å². The van der Waals surface area contributed by atoms with Crippen molar-refractivity contribution >= 4 is 16.6 Å². The number of likely N-dealkylation sites (tertiary alicyclic amines) is 1. The van der Waals surface area contributed by atoms with Gasteiger partial charge in [0.25, 0.3) is 0 Å². The molecule has 2 aromatic carbocycles. The van der Waals surface area contributed by atoms with Gasteiger partial charge in [0.2, 0.25) is 0 Å². The third-order valence-corrected chi connectivity index (χ3v) is 7.59. The number of benzene rings is 2. The van der Waals surface area contributed by atoms with Crippen molar-refractivity contribution < 1.29 is 28.1 Å². The van der Waals surface area contributed by atoms with Crippen LogP contribution in [0.1, 0.15) is 42.9 Å². The molecule has 0 spiro atoms. The number of aliphatic hydroxyl groups excluding tert-OH is 2. The summed E-state index contributed by atoms with van der Waals surface area (Å²) in [7, 11) is 1.60. The van der Waals surface area contributed by atoms with Crippen LogP contribution in [0.25, 0.3) is 10.9 Å². The third-order valence-electron chi connectivity index (χ3n) is 7.59. The Kier molecular flexibility index (Phi) is 8.56. The number of nitrogens with zero attached hydrogens (tertiary/aromatic N) is 2. The lowest BCUT2D eigenvalue weighted by Gasteiger charge is -2.41. The van der Waals surface area contributed by atoms with Crippen LogP contribution in [0, 0.1) is 29.8 Å². The van der Waals surface area contributed by atoms with Gasteiger partial charge in [-0.3, -0.25) is 4.98 Å². The minimum atomic E-state index is -1.22. The molecule has 200 valence electrons. The van der Waals surface area contributed by atoms with Crippen molar-refractivity contribution in [1.82, 2.24) is 9.88 Å². The molecule has 3 N–H and O–H groups in total. The molecule has 1 fully saturated rings. The third kappa shape index (κ3) is 6.17. The predicted octanol–water partition coefficient (Wildman–Crippen LogP) is 4.97. The van der Waals surface area contributed by atoms with Gasteiger partial charge in [-0.15, -0.1) is 0 Å². The Morgan fingerprint density at radius 3 is 2.62 bits per heavy atom. The number of anilines is 1. The number of nitrogens with one attached hydrogen (secondary N) is 1. The van der Waals surface area contributed by atoms with Gasteiger partial charge in [-0.1, -0.05) is 0 Å². The summed E-state index contributed by atoms with van der Waals surface area (Å²) in [4.78, 5) is 6.65. The molecule has 1 aromatic heterocycles. The summed E-state index contributed by atoms with van der Waals surface area (Å²) >= 11 is 0. The summed E-state index contributed by atoms with van der Waals surface area (Å²) in [6.07, 6.45) is 3.74. The van der Waals surface area contributed by atoms with E-state index in [9.17, 15) is 23.4 Å². The van der Waals surface area contributed by atoms with Crippen molar-refractivity contribution in [3.8, 4) is 5.75 Å². The highest BCUT2D eigenvalue weighted by Gasteiger charge is 2.34. The SMILES string of the molecule is COc1ccc2ncc(C)c(C(O)CCC3(CO)CCN(CCNc4cc(F)cc(F)c4F)CC3)c2c1. The van der Waals surface area contributed by atoms with E-state index in [0.29, 0.717) is 37.7 Å². The van der Waals surface area contributed by atoms with Crippen molar-refractivity contribution in [3.05, 3.63) is 65.1 Å². The molecule has 1 unspecified atom stereocenters. The smallest absolute Gasteiger partial charge is 0.182 e. The normalized spacial score (nSPS) is 16.6. The van der Waals surface area contributed by atoms with Crippen LogP contribution in [0.3, 0.4) is 0 Å². The highest BCUT2D eigenvalue weighted by atomic mass is 19.2. The van der Waals surface area contributed by atoms with Crippen LogP contribution in [0.4, 0.5) is 18.9 Å². The molecule has 0 bridgehead atoms. The highest BCUT2D eigenvalue weighted by Crippen LogP contribution is 2.39. The number of aliphatic hydroxyl groups is 2. The number of methoxy groups -OCH3 is 1. The second-order valence-electron chi connectivity index (χ2n) is 9.97. The van der Waals surface area contributed by atoms with Crippen LogP contribution in [-0.2, 0) is 0 Å². The Hall–Kier alpha value is -2.88. The Labute approximate surface area is 215 Å². The number of pyridine rings is 1. The number of rotatable bonds is 10. The molecule has 1 aliphatic rings. The summed E-state index contributed by atoms with van der Waals surface area (Å²) in [5.41, 5.74) is 2.05. The van der Waals surface area contributed by atoms with E-state index in [0.717, 1.165) is 54.0 Å². The number of aryl methyl sites for hydroxylation is 1. The number of hydrogen-bond acceptors (Lipinski definition) is 6. The first-order chi connectivity index (χ1) is 17.7. The first kappa shape index (κ1) is 27.2. The lowest BCUT2D eigenvalue weighted by atomic mass is 9.74. The minimum Gasteiger partial charge on any atom is -0.497 e. The van der Waals surface area contributed by atoms with Crippen molar-refractivity contribution in [2.45, 2.75) is 38.7 Å². The summed E-state index contributed by atoms with van der Waals surface area (Å²) in [6, 6.07) is 7.08.